The first-order valence-corrected chi connectivity index (χ1v) is 5.94. The molecule has 0 aliphatic rings. The van der Waals surface area contributed by atoms with Crippen LogP contribution in [0.4, 0.5) is 10.5 Å². The van der Waals surface area contributed by atoms with Gasteiger partial charge in [0.15, 0.2) is 0 Å². The molecule has 0 fully saturated rings. The first-order valence-electron chi connectivity index (χ1n) is 5.94. The number of carbonyl (C=O) groups is 1. The number of ether oxygens (including phenoxy) is 1. The zero-order valence-corrected chi connectivity index (χ0v) is 10.4. The molecule has 1 aromatic heterocycles. The highest BCUT2D eigenvalue weighted by Gasteiger charge is 2.04. The highest BCUT2D eigenvalue weighted by atomic mass is 16.5. The summed E-state index contributed by atoms with van der Waals surface area (Å²) in [5, 5.41) is 2.52. The molecule has 0 radical (unpaired) electrons. The summed E-state index contributed by atoms with van der Waals surface area (Å²) in [6, 6.07) is 12.3. The van der Waals surface area contributed by atoms with E-state index in [9.17, 15) is 4.79 Å². The number of amides is 2. The lowest BCUT2D eigenvalue weighted by molar-refractivity contribution is 0.259. The minimum Gasteiger partial charge on any atom is -0.491 e. The van der Waals surface area contributed by atoms with Crippen molar-refractivity contribution in [1.29, 1.82) is 0 Å². The molecule has 5 nitrogen and oxygen atoms in total. The Morgan fingerprint density at radius 3 is 2.74 bits per heavy atom. The van der Waals surface area contributed by atoms with Crippen LogP contribution in [0, 0.1) is 0 Å². The fraction of sp³-hybridized carbons (Fsp3) is 0.143. The van der Waals surface area contributed by atoms with Crippen LogP contribution < -0.4 is 15.8 Å². The minimum atomic E-state index is -0.610. The molecule has 2 amide bonds. The predicted octanol–water partition coefficient (Wildman–Crippen LogP) is 2.19. The van der Waals surface area contributed by atoms with E-state index in [1.54, 1.807) is 24.4 Å². The van der Waals surface area contributed by atoms with Crippen LogP contribution in [0.15, 0.2) is 48.7 Å². The average molecular weight is 257 g/mol. The zero-order valence-electron chi connectivity index (χ0n) is 10.4. The van der Waals surface area contributed by atoms with Crippen molar-refractivity contribution in [3.8, 4) is 5.75 Å². The molecule has 0 atom stereocenters. The third-order valence-electron chi connectivity index (χ3n) is 2.49. The van der Waals surface area contributed by atoms with Crippen molar-refractivity contribution in [2.24, 2.45) is 5.73 Å². The number of carbonyl (C=O) groups excluding carboxylic acids is 1. The molecule has 0 unspecified atom stereocenters. The molecule has 5 heteroatoms. The number of urea groups is 1. The van der Waals surface area contributed by atoms with Crippen LogP contribution in [0.1, 0.15) is 5.69 Å². The molecule has 1 heterocycles. The van der Waals surface area contributed by atoms with Crippen LogP contribution >= 0.6 is 0 Å². The molecule has 98 valence electrons. The number of pyridine rings is 1. The molecule has 1 aromatic carbocycles. The molecule has 0 aliphatic heterocycles. The fourth-order valence-corrected chi connectivity index (χ4v) is 1.64. The number of primary amides is 1. The number of anilines is 1. The fourth-order valence-electron chi connectivity index (χ4n) is 1.64. The average Bonchev–Trinajstić information content (AvgIpc) is 2.41. The third-order valence-corrected chi connectivity index (χ3v) is 2.49. The van der Waals surface area contributed by atoms with Gasteiger partial charge in [-0.15, -0.1) is 0 Å². The summed E-state index contributed by atoms with van der Waals surface area (Å²) in [6.07, 6.45) is 2.45. The van der Waals surface area contributed by atoms with Gasteiger partial charge in [-0.1, -0.05) is 18.2 Å². The molecule has 0 bridgehead atoms. The number of benzene rings is 1. The Morgan fingerprint density at radius 2 is 2.00 bits per heavy atom. The van der Waals surface area contributed by atoms with Crippen LogP contribution in [0.3, 0.4) is 0 Å². The van der Waals surface area contributed by atoms with Crippen molar-refractivity contribution in [3.63, 3.8) is 0 Å². The lowest BCUT2D eigenvalue weighted by Crippen LogP contribution is -2.19. The van der Waals surface area contributed by atoms with Gasteiger partial charge in [0.25, 0.3) is 0 Å². The number of hydrogen-bond donors (Lipinski definition) is 2. The first kappa shape index (κ1) is 12.9. The van der Waals surface area contributed by atoms with Gasteiger partial charge in [-0.25, -0.2) is 4.79 Å². The van der Waals surface area contributed by atoms with E-state index in [-0.39, 0.29) is 0 Å². The van der Waals surface area contributed by atoms with E-state index in [1.807, 2.05) is 24.3 Å². The van der Waals surface area contributed by atoms with Gasteiger partial charge in [-0.05, 0) is 24.3 Å². The van der Waals surface area contributed by atoms with Crippen molar-refractivity contribution in [1.82, 2.24) is 4.98 Å². The molecule has 19 heavy (non-hydrogen) atoms. The normalized spacial score (nSPS) is 9.89. The van der Waals surface area contributed by atoms with E-state index in [1.165, 1.54) is 0 Å². The number of hydrogen-bond acceptors (Lipinski definition) is 3. The van der Waals surface area contributed by atoms with Crippen molar-refractivity contribution in [3.05, 3.63) is 54.4 Å². The second kappa shape index (κ2) is 6.39. The molecule has 2 aromatic rings. The summed E-state index contributed by atoms with van der Waals surface area (Å²) in [4.78, 5) is 15.1. The van der Waals surface area contributed by atoms with Gasteiger partial charge < -0.3 is 15.8 Å². The monoisotopic (exact) mass is 257 g/mol. The van der Waals surface area contributed by atoms with Gasteiger partial charge in [0, 0.05) is 18.3 Å². The van der Waals surface area contributed by atoms with E-state index in [0.29, 0.717) is 24.5 Å². The molecule has 3 N–H and O–H groups in total. The van der Waals surface area contributed by atoms with E-state index in [0.717, 1.165) is 5.69 Å². The third kappa shape index (κ3) is 3.99. The SMILES string of the molecule is NC(=O)Nc1ccccc1OCCc1ccccn1. The Balaban J connectivity index is 1.94. The maximum atomic E-state index is 10.9. The van der Waals surface area contributed by atoms with Gasteiger partial charge >= 0.3 is 6.03 Å². The summed E-state index contributed by atoms with van der Waals surface area (Å²) < 4.78 is 5.63. The highest BCUT2D eigenvalue weighted by Crippen LogP contribution is 2.23. The topological polar surface area (TPSA) is 77.2 Å². The second-order valence-corrected chi connectivity index (χ2v) is 3.90. The highest BCUT2D eigenvalue weighted by molar-refractivity contribution is 5.89. The standard InChI is InChI=1S/C14H15N3O2/c15-14(18)17-12-6-1-2-7-13(12)19-10-8-11-5-3-4-9-16-11/h1-7,9H,8,10H2,(H3,15,17,18). The smallest absolute Gasteiger partial charge is 0.316 e. The Hall–Kier alpha value is -2.56. The van der Waals surface area contributed by atoms with E-state index in [2.05, 4.69) is 10.3 Å². The number of nitrogens with zero attached hydrogens (tertiary/aromatic N) is 1. The molecule has 0 aliphatic carbocycles. The van der Waals surface area contributed by atoms with Crippen LogP contribution in [-0.2, 0) is 6.42 Å². The number of rotatable bonds is 5. The summed E-state index contributed by atoms with van der Waals surface area (Å²) in [5.41, 5.74) is 6.62. The number of nitrogens with one attached hydrogen (secondary N) is 1. The lowest BCUT2D eigenvalue weighted by atomic mass is 10.2. The zero-order chi connectivity index (χ0) is 13.5. The molecular weight excluding hydrogens is 242 g/mol. The van der Waals surface area contributed by atoms with Gasteiger partial charge in [0.2, 0.25) is 0 Å². The lowest BCUT2D eigenvalue weighted by Gasteiger charge is -2.11. The summed E-state index contributed by atoms with van der Waals surface area (Å²) in [6.45, 7) is 0.481. The second-order valence-electron chi connectivity index (χ2n) is 3.90. The maximum absolute atomic E-state index is 10.9. The Labute approximate surface area is 111 Å². The maximum Gasteiger partial charge on any atom is 0.316 e. The molecule has 0 spiro atoms. The van der Waals surface area contributed by atoms with Crippen molar-refractivity contribution in [2.75, 3.05) is 11.9 Å². The van der Waals surface area contributed by atoms with Crippen LogP contribution in [0.5, 0.6) is 5.75 Å². The van der Waals surface area contributed by atoms with E-state index in [4.69, 9.17) is 10.5 Å². The van der Waals surface area contributed by atoms with Gasteiger partial charge in [-0.2, -0.15) is 0 Å². The number of nitrogens with two attached hydrogens (primary N) is 1. The van der Waals surface area contributed by atoms with Crippen molar-refractivity contribution in [2.45, 2.75) is 6.42 Å². The summed E-state index contributed by atoms with van der Waals surface area (Å²) in [7, 11) is 0. The van der Waals surface area contributed by atoms with E-state index >= 15 is 0 Å². The Morgan fingerprint density at radius 1 is 1.21 bits per heavy atom. The predicted molar refractivity (Wildman–Crippen MR) is 73.1 cm³/mol. The van der Waals surface area contributed by atoms with Crippen molar-refractivity contribution < 1.29 is 9.53 Å². The van der Waals surface area contributed by atoms with Crippen LogP contribution in [0.25, 0.3) is 0 Å². The summed E-state index contributed by atoms with van der Waals surface area (Å²) >= 11 is 0. The number of para-hydroxylation sites is 2. The van der Waals surface area contributed by atoms with Crippen LogP contribution in [-0.4, -0.2) is 17.6 Å². The van der Waals surface area contributed by atoms with Crippen molar-refractivity contribution >= 4 is 11.7 Å². The van der Waals surface area contributed by atoms with Gasteiger partial charge in [0.05, 0.1) is 12.3 Å². The quantitative estimate of drug-likeness (QED) is 0.862. The van der Waals surface area contributed by atoms with Crippen LogP contribution in [0.2, 0.25) is 0 Å². The largest absolute Gasteiger partial charge is 0.491 e. The molecular formula is C14H15N3O2. The summed E-state index contributed by atoms with van der Waals surface area (Å²) in [5.74, 6) is 0.595. The van der Waals surface area contributed by atoms with Gasteiger partial charge in [-0.3, -0.25) is 4.98 Å². The Bertz CT molecular complexity index is 543. The molecule has 0 saturated carbocycles. The minimum absolute atomic E-state index is 0.481. The first-order chi connectivity index (χ1) is 9.25. The van der Waals surface area contributed by atoms with E-state index < -0.39 is 6.03 Å². The Kier molecular flexibility index (Phi) is 4.34. The van der Waals surface area contributed by atoms with Gasteiger partial charge in [0.1, 0.15) is 5.75 Å². The molecule has 2 rings (SSSR count). The number of aromatic nitrogens is 1. The molecule has 0 saturated heterocycles.